The molecule has 1 amide bonds. The van der Waals surface area contributed by atoms with Crippen LogP contribution in [0.15, 0.2) is 17.6 Å². The maximum atomic E-state index is 12.3. The Morgan fingerprint density at radius 2 is 2.13 bits per heavy atom. The fourth-order valence-corrected chi connectivity index (χ4v) is 4.40. The Morgan fingerprint density at radius 3 is 2.77 bits per heavy atom. The predicted octanol–water partition coefficient (Wildman–Crippen LogP) is 3.36. The zero-order valence-electron chi connectivity index (χ0n) is 16.3. The van der Waals surface area contributed by atoms with Crippen molar-refractivity contribution in [2.24, 2.45) is 0 Å². The van der Waals surface area contributed by atoms with Crippen LogP contribution in [0.4, 0.5) is 19.3 Å². The topological polar surface area (TPSA) is 82.4 Å². The molecule has 1 fully saturated rings. The lowest BCUT2D eigenvalue weighted by atomic mass is 10.0. The molecule has 0 spiro atoms. The van der Waals surface area contributed by atoms with Gasteiger partial charge in [-0.1, -0.05) is 0 Å². The normalized spacial score (nSPS) is 16.1. The van der Waals surface area contributed by atoms with E-state index in [2.05, 4.69) is 25.7 Å². The van der Waals surface area contributed by atoms with Gasteiger partial charge >= 0.3 is 6.09 Å². The van der Waals surface area contributed by atoms with E-state index < -0.39 is 19.1 Å². The van der Waals surface area contributed by atoms with Crippen LogP contribution >= 0.6 is 11.3 Å². The summed E-state index contributed by atoms with van der Waals surface area (Å²) >= 11 is 1.54. The minimum atomic E-state index is -2.68. The van der Waals surface area contributed by atoms with Crippen LogP contribution in [-0.2, 0) is 11.2 Å². The number of fused-ring (bicyclic) bond motifs is 1. The lowest BCUT2D eigenvalue weighted by molar-refractivity contribution is 0.0311. The number of carbonyl (C=O) groups excluding carboxylic acids is 1. The highest BCUT2D eigenvalue weighted by molar-refractivity contribution is 7.09. The Labute approximate surface area is 176 Å². The molecule has 1 aliphatic carbocycles. The first kappa shape index (κ1) is 20.2. The minimum absolute atomic E-state index is 0.350. The summed E-state index contributed by atoms with van der Waals surface area (Å²) in [5.74, 6) is 0. The molecule has 1 saturated heterocycles. The molecule has 0 saturated carbocycles. The smallest absolute Gasteiger partial charge is 0.410 e. The zero-order valence-corrected chi connectivity index (χ0v) is 17.1. The first-order valence-corrected chi connectivity index (χ1v) is 10.3. The lowest BCUT2D eigenvalue weighted by Gasteiger charge is -2.36. The van der Waals surface area contributed by atoms with Crippen molar-refractivity contribution in [1.82, 2.24) is 14.9 Å². The van der Waals surface area contributed by atoms with Gasteiger partial charge in [-0.25, -0.2) is 18.6 Å². The molecule has 2 aromatic rings. The number of anilines is 1. The van der Waals surface area contributed by atoms with Gasteiger partial charge in [0, 0.05) is 61.0 Å². The van der Waals surface area contributed by atoms with Crippen molar-refractivity contribution in [2.75, 3.05) is 37.7 Å². The quantitative estimate of drug-likeness (QED) is 0.738. The summed E-state index contributed by atoms with van der Waals surface area (Å²) in [6.45, 7) is 2.74. The molecule has 10 heteroatoms. The van der Waals surface area contributed by atoms with E-state index in [0.29, 0.717) is 38.2 Å². The number of nitriles is 1. The third kappa shape index (κ3) is 3.85. The van der Waals surface area contributed by atoms with Crippen molar-refractivity contribution >= 4 is 34.3 Å². The molecular formula is C20H19F2N5O2S. The van der Waals surface area contributed by atoms with Gasteiger partial charge in [0.2, 0.25) is 0 Å². The van der Waals surface area contributed by atoms with E-state index in [0.717, 1.165) is 33.2 Å². The highest BCUT2D eigenvalue weighted by Gasteiger charge is 2.31. The van der Waals surface area contributed by atoms with Gasteiger partial charge in [0.15, 0.2) is 6.61 Å². The maximum absolute atomic E-state index is 12.3. The van der Waals surface area contributed by atoms with Crippen LogP contribution in [0.2, 0.25) is 0 Å². The molecule has 0 atom stereocenters. The summed E-state index contributed by atoms with van der Waals surface area (Å²) in [5.41, 5.74) is 4.81. The minimum Gasteiger partial charge on any atom is -0.443 e. The summed E-state index contributed by atoms with van der Waals surface area (Å²) in [5, 5.41) is 12.8. The van der Waals surface area contributed by atoms with Gasteiger partial charge in [-0.2, -0.15) is 5.26 Å². The summed E-state index contributed by atoms with van der Waals surface area (Å²) in [7, 11) is 0. The van der Waals surface area contributed by atoms with E-state index in [1.165, 1.54) is 4.90 Å². The van der Waals surface area contributed by atoms with Crippen molar-refractivity contribution in [3.63, 3.8) is 0 Å². The molecule has 30 heavy (non-hydrogen) atoms. The average Bonchev–Trinajstić information content (AvgIpc) is 3.34. The molecule has 0 unspecified atom stereocenters. The third-order valence-electron chi connectivity index (χ3n) is 5.15. The molecule has 2 aromatic heterocycles. The molecule has 1 aliphatic heterocycles. The molecule has 0 radical (unpaired) electrons. The van der Waals surface area contributed by atoms with Crippen LogP contribution in [0, 0.1) is 18.3 Å². The summed E-state index contributed by atoms with van der Waals surface area (Å²) in [4.78, 5) is 24.4. The molecular weight excluding hydrogens is 412 g/mol. The molecule has 3 heterocycles. The largest absolute Gasteiger partial charge is 0.443 e. The fourth-order valence-electron chi connectivity index (χ4n) is 3.77. The van der Waals surface area contributed by atoms with Crippen LogP contribution in [0.25, 0.3) is 11.1 Å². The number of amides is 1. The number of alkyl halides is 2. The Balaban J connectivity index is 1.55. The number of nitrogens with zero attached hydrogens (tertiary/aromatic N) is 5. The van der Waals surface area contributed by atoms with E-state index in [1.54, 1.807) is 17.5 Å². The number of carbonyl (C=O) groups is 1. The highest BCUT2D eigenvalue weighted by Crippen LogP contribution is 2.42. The molecule has 4 rings (SSSR count). The van der Waals surface area contributed by atoms with Crippen LogP contribution < -0.4 is 4.90 Å². The standard InChI is InChI=1S/C20H19F2N5O2S/c1-12-25-16(11-30-12)13-8-15-19(14(13)9-23)17(2-3-24-15)26-4-6-27(7-5-26)20(28)29-10-18(21)22/h2-3,11,18H,4-8,10H2,1H3. The van der Waals surface area contributed by atoms with Crippen molar-refractivity contribution in [3.8, 4) is 6.07 Å². The van der Waals surface area contributed by atoms with Gasteiger partial charge in [-0.3, -0.25) is 4.98 Å². The van der Waals surface area contributed by atoms with E-state index in [9.17, 15) is 18.8 Å². The van der Waals surface area contributed by atoms with Crippen molar-refractivity contribution in [1.29, 1.82) is 5.26 Å². The monoisotopic (exact) mass is 431 g/mol. The fraction of sp³-hybridized carbons (Fsp3) is 0.400. The Hall–Kier alpha value is -3.06. The number of allylic oxidation sites excluding steroid dienone is 2. The number of ether oxygens (including phenoxy) is 1. The van der Waals surface area contributed by atoms with E-state index in [4.69, 9.17) is 0 Å². The number of halogens is 2. The Bertz CT molecular complexity index is 1040. The molecule has 0 N–H and O–H groups in total. The van der Waals surface area contributed by atoms with Gasteiger partial charge in [-0.15, -0.1) is 11.3 Å². The van der Waals surface area contributed by atoms with Crippen LogP contribution in [0.5, 0.6) is 0 Å². The van der Waals surface area contributed by atoms with Gasteiger partial charge in [-0.05, 0) is 13.0 Å². The molecule has 156 valence electrons. The molecule has 2 aliphatic rings. The van der Waals surface area contributed by atoms with E-state index >= 15 is 0 Å². The van der Waals surface area contributed by atoms with Gasteiger partial charge in [0.1, 0.15) is 6.07 Å². The predicted molar refractivity (Wildman–Crippen MR) is 108 cm³/mol. The van der Waals surface area contributed by atoms with Crippen LogP contribution in [0.1, 0.15) is 22.0 Å². The number of aryl methyl sites for hydroxylation is 1. The van der Waals surface area contributed by atoms with Crippen molar-refractivity contribution in [3.05, 3.63) is 39.6 Å². The number of rotatable bonds is 4. The second-order valence-electron chi connectivity index (χ2n) is 6.99. The second-order valence-corrected chi connectivity index (χ2v) is 8.05. The van der Waals surface area contributed by atoms with Crippen LogP contribution in [-0.4, -0.2) is 60.2 Å². The summed E-state index contributed by atoms with van der Waals surface area (Å²) in [6.07, 6.45) is -1.13. The molecule has 7 nitrogen and oxygen atoms in total. The number of aromatic nitrogens is 2. The Kier molecular flexibility index (Phi) is 5.63. The molecule has 0 aromatic carbocycles. The third-order valence-corrected chi connectivity index (χ3v) is 5.93. The first-order chi connectivity index (χ1) is 14.5. The van der Waals surface area contributed by atoms with Gasteiger partial charge in [0.25, 0.3) is 6.43 Å². The number of pyridine rings is 1. The number of thiazole rings is 1. The van der Waals surface area contributed by atoms with Crippen molar-refractivity contribution < 1.29 is 18.3 Å². The maximum Gasteiger partial charge on any atom is 0.410 e. The van der Waals surface area contributed by atoms with Crippen LogP contribution in [0.3, 0.4) is 0 Å². The summed E-state index contributed by atoms with van der Waals surface area (Å²) in [6, 6.07) is 4.20. The van der Waals surface area contributed by atoms with Crippen molar-refractivity contribution in [2.45, 2.75) is 19.8 Å². The first-order valence-electron chi connectivity index (χ1n) is 9.46. The molecule has 0 bridgehead atoms. The number of hydrogen-bond donors (Lipinski definition) is 0. The van der Waals surface area contributed by atoms with E-state index in [-0.39, 0.29) is 0 Å². The average molecular weight is 431 g/mol. The zero-order chi connectivity index (χ0) is 21.3. The number of hydrogen-bond acceptors (Lipinski definition) is 7. The second kappa shape index (κ2) is 8.36. The number of piperazine rings is 1. The van der Waals surface area contributed by atoms with Gasteiger partial charge in [0.05, 0.1) is 22.0 Å². The van der Waals surface area contributed by atoms with Gasteiger partial charge < -0.3 is 14.5 Å². The lowest BCUT2D eigenvalue weighted by Crippen LogP contribution is -2.49. The van der Waals surface area contributed by atoms with E-state index in [1.807, 2.05) is 18.4 Å². The highest BCUT2D eigenvalue weighted by atomic mass is 32.1. The summed E-state index contributed by atoms with van der Waals surface area (Å²) < 4.78 is 29.1. The SMILES string of the molecule is Cc1nc(C2=C(C#N)c3c(N4CCN(C(=O)OCC(F)F)CC4)ccnc3C2)cs1. The Morgan fingerprint density at radius 1 is 1.37 bits per heavy atom.